The van der Waals surface area contributed by atoms with Gasteiger partial charge in [-0.25, -0.2) is 4.79 Å². The van der Waals surface area contributed by atoms with Crippen LogP contribution in [-0.2, 0) is 9.53 Å². The first-order valence-electron chi connectivity index (χ1n) is 4.98. The van der Waals surface area contributed by atoms with Gasteiger partial charge in [-0.1, -0.05) is 50.6 Å². The Kier molecular flexibility index (Phi) is 5.68. The number of rotatable bonds is 3. The van der Waals surface area contributed by atoms with Crippen molar-refractivity contribution in [2.75, 3.05) is 7.11 Å². The number of methoxy groups -OCH3 is 1. The summed E-state index contributed by atoms with van der Waals surface area (Å²) in [7, 11) is 1.36. The average Bonchev–Trinajstić information content (AvgIpc) is 2.15. The number of esters is 1. The molecule has 0 fully saturated rings. The number of hydrogen-bond acceptors (Lipinski definition) is 2. The number of ether oxygens (including phenoxy) is 1. The first-order valence-corrected chi connectivity index (χ1v) is 4.98. The molecule has 0 radical (unpaired) electrons. The van der Waals surface area contributed by atoms with Crippen molar-refractivity contribution in [1.29, 1.82) is 0 Å². The van der Waals surface area contributed by atoms with Gasteiger partial charge in [0.15, 0.2) is 0 Å². The third-order valence-corrected chi connectivity index (χ3v) is 2.18. The van der Waals surface area contributed by atoms with Crippen LogP contribution in [-0.4, -0.2) is 13.1 Å². The molecule has 0 aromatic heterocycles. The van der Waals surface area contributed by atoms with Gasteiger partial charge in [-0.15, -0.1) is 0 Å². The maximum atomic E-state index is 10.7. The Morgan fingerprint density at radius 1 is 1.13 bits per heavy atom. The van der Waals surface area contributed by atoms with Gasteiger partial charge in [0.2, 0.25) is 0 Å². The van der Waals surface area contributed by atoms with Gasteiger partial charge < -0.3 is 4.74 Å². The number of carbonyl (C=O) groups excluding carboxylic acids is 1. The van der Waals surface area contributed by atoms with Gasteiger partial charge in [0.25, 0.3) is 0 Å². The van der Waals surface area contributed by atoms with E-state index in [1.54, 1.807) is 6.08 Å². The minimum atomic E-state index is -0.337. The van der Waals surface area contributed by atoms with E-state index in [0.29, 0.717) is 0 Å². The molecule has 0 aromatic carbocycles. The predicted octanol–water partition coefficient (Wildman–Crippen LogP) is 3.26. The standard InChI is InChI=1S/C13H20O2/c1-11(13(2,3)4)9-7-6-8-10-12(14)15-5/h6-10H,1-5H3/b7-6+,10-8+,11-9+. The van der Waals surface area contributed by atoms with E-state index >= 15 is 0 Å². The zero-order valence-corrected chi connectivity index (χ0v) is 10.2. The van der Waals surface area contributed by atoms with E-state index in [2.05, 4.69) is 32.4 Å². The molecule has 0 spiro atoms. The van der Waals surface area contributed by atoms with Crippen LogP contribution in [0.15, 0.2) is 36.0 Å². The number of carbonyl (C=O) groups is 1. The van der Waals surface area contributed by atoms with Crippen LogP contribution in [0.4, 0.5) is 0 Å². The maximum absolute atomic E-state index is 10.7. The second-order valence-corrected chi connectivity index (χ2v) is 4.37. The highest BCUT2D eigenvalue weighted by atomic mass is 16.5. The lowest BCUT2D eigenvalue weighted by molar-refractivity contribution is -0.134. The van der Waals surface area contributed by atoms with Crippen molar-refractivity contribution >= 4 is 5.97 Å². The third-order valence-electron chi connectivity index (χ3n) is 2.18. The summed E-state index contributed by atoms with van der Waals surface area (Å²) < 4.78 is 4.46. The Hall–Kier alpha value is -1.31. The first-order chi connectivity index (χ1) is 6.88. The molecule has 2 nitrogen and oxygen atoms in total. The van der Waals surface area contributed by atoms with E-state index in [1.165, 1.54) is 18.8 Å². The van der Waals surface area contributed by atoms with Crippen molar-refractivity contribution < 1.29 is 9.53 Å². The van der Waals surface area contributed by atoms with Gasteiger partial charge in [-0.2, -0.15) is 0 Å². The summed E-state index contributed by atoms with van der Waals surface area (Å²) in [5.74, 6) is -0.337. The number of hydrogen-bond donors (Lipinski definition) is 0. The van der Waals surface area contributed by atoms with Crippen LogP contribution in [0.3, 0.4) is 0 Å². The molecule has 84 valence electrons. The molecule has 0 saturated carbocycles. The lowest BCUT2D eigenvalue weighted by Gasteiger charge is -2.18. The summed E-state index contributed by atoms with van der Waals surface area (Å²) in [4.78, 5) is 10.7. The largest absolute Gasteiger partial charge is 0.466 e. The van der Waals surface area contributed by atoms with Gasteiger partial charge in [0.05, 0.1) is 7.11 Å². The SMILES string of the molecule is COC(=O)/C=C/C=C/C=C(\C)C(C)(C)C. The minimum Gasteiger partial charge on any atom is -0.466 e. The molecule has 0 N–H and O–H groups in total. The molecule has 0 saturated heterocycles. The fourth-order valence-electron chi connectivity index (χ4n) is 0.716. The van der Waals surface area contributed by atoms with E-state index in [1.807, 2.05) is 18.2 Å². The van der Waals surface area contributed by atoms with Crippen LogP contribution in [0.1, 0.15) is 27.7 Å². The van der Waals surface area contributed by atoms with Crippen LogP contribution in [0.5, 0.6) is 0 Å². The third kappa shape index (κ3) is 6.72. The van der Waals surface area contributed by atoms with Crippen LogP contribution < -0.4 is 0 Å². The number of allylic oxidation sites excluding steroid dienone is 5. The van der Waals surface area contributed by atoms with Crippen molar-refractivity contribution in [2.24, 2.45) is 5.41 Å². The molecular weight excluding hydrogens is 188 g/mol. The van der Waals surface area contributed by atoms with Gasteiger partial charge in [-0.3, -0.25) is 0 Å². The fourth-order valence-corrected chi connectivity index (χ4v) is 0.716. The van der Waals surface area contributed by atoms with E-state index < -0.39 is 0 Å². The van der Waals surface area contributed by atoms with Crippen molar-refractivity contribution in [3.05, 3.63) is 36.0 Å². The molecule has 0 aliphatic carbocycles. The summed E-state index contributed by atoms with van der Waals surface area (Å²) in [6, 6.07) is 0. The Balaban J connectivity index is 4.22. The molecule has 0 aliphatic heterocycles. The van der Waals surface area contributed by atoms with Crippen LogP contribution in [0.25, 0.3) is 0 Å². The Morgan fingerprint density at radius 3 is 2.20 bits per heavy atom. The molecule has 0 heterocycles. The molecule has 0 bridgehead atoms. The quantitative estimate of drug-likeness (QED) is 0.404. The summed E-state index contributed by atoms with van der Waals surface area (Å²) in [6.45, 7) is 8.58. The molecule has 0 unspecified atom stereocenters. The summed E-state index contributed by atoms with van der Waals surface area (Å²) in [6.07, 6.45) is 8.82. The topological polar surface area (TPSA) is 26.3 Å². The first kappa shape index (κ1) is 13.7. The van der Waals surface area contributed by atoms with Crippen molar-refractivity contribution in [2.45, 2.75) is 27.7 Å². The molecule has 0 aromatic rings. The fraction of sp³-hybridized carbons (Fsp3) is 0.462. The van der Waals surface area contributed by atoms with E-state index in [-0.39, 0.29) is 11.4 Å². The summed E-state index contributed by atoms with van der Waals surface area (Å²) >= 11 is 0. The van der Waals surface area contributed by atoms with Crippen LogP contribution in [0.2, 0.25) is 0 Å². The molecule has 15 heavy (non-hydrogen) atoms. The summed E-state index contributed by atoms with van der Waals surface area (Å²) in [5, 5.41) is 0. The lowest BCUT2D eigenvalue weighted by Crippen LogP contribution is -2.05. The normalized spacial score (nSPS) is 13.8. The maximum Gasteiger partial charge on any atom is 0.330 e. The molecule has 0 amide bonds. The average molecular weight is 208 g/mol. The molecule has 2 heteroatoms. The molecule has 0 atom stereocenters. The smallest absolute Gasteiger partial charge is 0.330 e. The zero-order valence-electron chi connectivity index (χ0n) is 10.2. The molecule has 0 aliphatic rings. The monoisotopic (exact) mass is 208 g/mol. The van der Waals surface area contributed by atoms with Gasteiger partial charge in [-0.05, 0) is 12.3 Å². The molecule has 0 rings (SSSR count). The lowest BCUT2D eigenvalue weighted by atomic mass is 9.87. The van der Waals surface area contributed by atoms with Crippen LogP contribution >= 0.6 is 0 Å². The van der Waals surface area contributed by atoms with Crippen molar-refractivity contribution in [3.63, 3.8) is 0 Å². The predicted molar refractivity (Wildman–Crippen MR) is 63.5 cm³/mol. The Labute approximate surface area is 92.3 Å². The molecular formula is C13H20O2. The van der Waals surface area contributed by atoms with Gasteiger partial charge in [0.1, 0.15) is 0 Å². The van der Waals surface area contributed by atoms with E-state index in [4.69, 9.17) is 0 Å². The van der Waals surface area contributed by atoms with Crippen LogP contribution in [0, 0.1) is 5.41 Å². The van der Waals surface area contributed by atoms with Gasteiger partial charge >= 0.3 is 5.97 Å². The highest BCUT2D eigenvalue weighted by Crippen LogP contribution is 2.23. The summed E-state index contributed by atoms with van der Waals surface area (Å²) in [5.41, 5.74) is 1.49. The zero-order chi connectivity index (χ0) is 11.9. The highest BCUT2D eigenvalue weighted by molar-refractivity contribution is 5.82. The highest BCUT2D eigenvalue weighted by Gasteiger charge is 2.10. The van der Waals surface area contributed by atoms with E-state index in [0.717, 1.165) is 0 Å². The minimum absolute atomic E-state index is 0.191. The Bertz CT molecular complexity index is 288. The second-order valence-electron chi connectivity index (χ2n) is 4.37. The van der Waals surface area contributed by atoms with Crippen molar-refractivity contribution in [3.8, 4) is 0 Å². The second kappa shape index (κ2) is 6.23. The van der Waals surface area contributed by atoms with Crippen molar-refractivity contribution in [1.82, 2.24) is 0 Å². The van der Waals surface area contributed by atoms with Gasteiger partial charge in [0, 0.05) is 6.08 Å². The Morgan fingerprint density at radius 2 is 1.73 bits per heavy atom. The van der Waals surface area contributed by atoms with E-state index in [9.17, 15) is 4.79 Å².